The lowest BCUT2D eigenvalue weighted by molar-refractivity contribution is -0.136. The molecule has 0 aliphatic heterocycles. The highest BCUT2D eigenvalue weighted by molar-refractivity contribution is 7.89. The second-order valence-corrected chi connectivity index (χ2v) is 5.19. The summed E-state index contributed by atoms with van der Waals surface area (Å²) in [6, 6.07) is 0. The molecule has 0 atom stereocenters. The van der Waals surface area contributed by atoms with Gasteiger partial charge in [0.1, 0.15) is 0 Å². The maximum atomic E-state index is 11.6. The molecule has 0 fully saturated rings. The molecule has 0 aromatic heterocycles. The summed E-state index contributed by atoms with van der Waals surface area (Å²) in [7, 11) is -3.46. The Balaban J connectivity index is 4.48. The van der Waals surface area contributed by atoms with Gasteiger partial charge in [0, 0.05) is 13.1 Å². The van der Waals surface area contributed by atoms with Crippen LogP contribution in [0.4, 0.5) is 0 Å². The molecule has 0 saturated heterocycles. The molecule has 0 heterocycles. The molecule has 88 valence electrons. The van der Waals surface area contributed by atoms with E-state index in [0.717, 1.165) is 0 Å². The second kappa shape index (κ2) is 6.58. The van der Waals surface area contributed by atoms with Gasteiger partial charge in [0.05, 0.1) is 12.2 Å². The third-order valence-electron chi connectivity index (χ3n) is 1.77. The van der Waals surface area contributed by atoms with Crippen molar-refractivity contribution in [1.82, 2.24) is 4.31 Å². The Morgan fingerprint density at radius 1 is 1.53 bits per heavy atom. The SMILES string of the molecule is C=CCN(CCC)S(=O)(=O)CCC(=O)O. The average molecular weight is 235 g/mol. The van der Waals surface area contributed by atoms with Gasteiger partial charge in [-0.3, -0.25) is 4.79 Å². The lowest BCUT2D eigenvalue weighted by Crippen LogP contribution is -2.34. The Bertz CT molecular complexity index is 310. The molecule has 0 radical (unpaired) electrons. The van der Waals surface area contributed by atoms with Crippen LogP contribution in [0.3, 0.4) is 0 Å². The number of hydrogen-bond donors (Lipinski definition) is 1. The van der Waals surface area contributed by atoms with Gasteiger partial charge in [-0.2, -0.15) is 4.31 Å². The zero-order valence-electron chi connectivity index (χ0n) is 8.85. The summed E-state index contributed by atoms with van der Waals surface area (Å²) in [6.45, 7) is 5.96. The van der Waals surface area contributed by atoms with Crippen LogP contribution in [-0.2, 0) is 14.8 Å². The monoisotopic (exact) mass is 235 g/mol. The van der Waals surface area contributed by atoms with E-state index in [1.54, 1.807) is 0 Å². The first kappa shape index (κ1) is 14.1. The summed E-state index contributed by atoms with van der Waals surface area (Å²) >= 11 is 0. The predicted octanol–water partition coefficient (Wildman–Crippen LogP) is 0.689. The van der Waals surface area contributed by atoms with Crippen molar-refractivity contribution < 1.29 is 18.3 Å². The predicted molar refractivity (Wildman–Crippen MR) is 58.1 cm³/mol. The zero-order chi connectivity index (χ0) is 11.9. The molecule has 6 heteroatoms. The molecule has 0 saturated carbocycles. The Morgan fingerprint density at radius 3 is 2.53 bits per heavy atom. The van der Waals surface area contributed by atoms with Gasteiger partial charge in [0.2, 0.25) is 10.0 Å². The number of sulfonamides is 1. The van der Waals surface area contributed by atoms with Gasteiger partial charge in [0.15, 0.2) is 0 Å². The molecule has 1 N–H and O–H groups in total. The van der Waals surface area contributed by atoms with E-state index in [1.807, 2.05) is 6.92 Å². The van der Waals surface area contributed by atoms with Crippen molar-refractivity contribution in [3.8, 4) is 0 Å². The molecule has 5 nitrogen and oxygen atoms in total. The molecule has 0 aromatic carbocycles. The number of rotatable bonds is 8. The first-order chi connectivity index (χ1) is 6.94. The highest BCUT2D eigenvalue weighted by Crippen LogP contribution is 2.04. The highest BCUT2D eigenvalue weighted by Gasteiger charge is 2.20. The number of carboxylic acids is 1. The largest absolute Gasteiger partial charge is 0.481 e. The molecule has 0 spiro atoms. The Hall–Kier alpha value is -0.880. The van der Waals surface area contributed by atoms with Crippen LogP contribution in [0, 0.1) is 0 Å². The van der Waals surface area contributed by atoms with E-state index in [1.165, 1.54) is 10.4 Å². The van der Waals surface area contributed by atoms with Crippen molar-refractivity contribution in [2.24, 2.45) is 0 Å². The number of hydrogen-bond acceptors (Lipinski definition) is 3. The molecule has 0 aliphatic rings. The van der Waals surface area contributed by atoms with E-state index in [-0.39, 0.29) is 18.7 Å². The van der Waals surface area contributed by atoms with Gasteiger partial charge in [-0.05, 0) is 6.42 Å². The Morgan fingerprint density at radius 2 is 2.13 bits per heavy atom. The van der Waals surface area contributed by atoms with Gasteiger partial charge in [-0.15, -0.1) is 6.58 Å². The molecule has 0 unspecified atom stereocenters. The molecule has 0 aliphatic carbocycles. The van der Waals surface area contributed by atoms with Crippen molar-refractivity contribution in [2.75, 3.05) is 18.8 Å². The highest BCUT2D eigenvalue weighted by atomic mass is 32.2. The van der Waals surface area contributed by atoms with Crippen LogP contribution in [-0.4, -0.2) is 42.6 Å². The van der Waals surface area contributed by atoms with Crippen LogP contribution >= 0.6 is 0 Å². The van der Waals surface area contributed by atoms with E-state index >= 15 is 0 Å². The lowest BCUT2D eigenvalue weighted by Gasteiger charge is -2.19. The van der Waals surface area contributed by atoms with Crippen molar-refractivity contribution in [3.05, 3.63) is 12.7 Å². The fraction of sp³-hybridized carbons (Fsp3) is 0.667. The van der Waals surface area contributed by atoms with Crippen LogP contribution in [0.25, 0.3) is 0 Å². The van der Waals surface area contributed by atoms with Crippen molar-refractivity contribution in [2.45, 2.75) is 19.8 Å². The van der Waals surface area contributed by atoms with Gasteiger partial charge in [-0.25, -0.2) is 8.42 Å². The average Bonchev–Trinajstić information content (AvgIpc) is 2.15. The maximum Gasteiger partial charge on any atom is 0.304 e. The smallest absolute Gasteiger partial charge is 0.304 e. The van der Waals surface area contributed by atoms with Crippen LogP contribution < -0.4 is 0 Å². The molecule has 0 rings (SSSR count). The quantitative estimate of drug-likeness (QED) is 0.628. The van der Waals surface area contributed by atoms with Gasteiger partial charge < -0.3 is 5.11 Å². The molecule has 0 aromatic rings. The standard InChI is InChI=1S/C9H17NO4S/c1-3-6-10(7-4-2)15(13,14)8-5-9(11)12/h3H,1,4-8H2,2H3,(H,11,12). The first-order valence-electron chi connectivity index (χ1n) is 4.74. The summed E-state index contributed by atoms with van der Waals surface area (Å²) in [6.07, 6.45) is 1.83. The summed E-state index contributed by atoms with van der Waals surface area (Å²) in [4.78, 5) is 10.3. The first-order valence-corrected chi connectivity index (χ1v) is 6.35. The van der Waals surface area contributed by atoms with Crippen molar-refractivity contribution in [3.63, 3.8) is 0 Å². The minimum Gasteiger partial charge on any atom is -0.481 e. The third kappa shape index (κ3) is 5.54. The molecule has 0 amide bonds. The number of carboxylic acid groups (broad SMARTS) is 1. The third-order valence-corrected chi connectivity index (χ3v) is 3.61. The van der Waals surface area contributed by atoms with E-state index in [0.29, 0.717) is 13.0 Å². The van der Waals surface area contributed by atoms with Gasteiger partial charge in [-0.1, -0.05) is 13.0 Å². The summed E-state index contributed by atoms with van der Waals surface area (Å²) in [5.41, 5.74) is 0. The summed E-state index contributed by atoms with van der Waals surface area (Å²) in [5.74, 6) is -1.45. The van der Waals surface area contributed by atoms with Crippen molar-refractivity contribution >= 4 is 16.0 Å². The molecular formula is C9H17NO4S. The normalized spacial score (nSPS) is 11.6. The minimum atomic E-state index is -3.46. The molecular weight excluding hydrogens is 218 g/mol. The Labute approximate surface area is 90.4 Å². The fourth-order valence-electron chi connectivity index (χ4n) is 1.08. The minimum absolute atomic E-state index is 0.232. The van der Waals surface area contributed by atoms with Crippen LogP contribution in [0.2, 0.25) is 0 Å². The van der Waals surface area contributed by atoms with E-state index in [4.69, 9.17) is 5.11 Å². The van der Waals surface area contributed by atoms with Crippen LogP contribution in [0.15, 0.2) is 12.7 Å². The Kier molecular flexibility index (Phi) is 6.19. The van der Waals surface area contributed by atoms with E-state index in [2.05, 4.69) is 6.58 Å². The zero-order valence-corrected chi connectivity index (χ0v) is 9.66. The summed E-state index contributed by atoms with van der Waals surface area (Å²) < 4.78 is 24.5. The van der Waals surface area contributed by atoms with Crippen LogP contribution in [0.5, 0.6) is 0 Å². The maximum absolute atomic E-state index is 11.6. The van der Waals surface area contributed by atoms with Gasteiger partial charge >= 0.3 is 5.97 Å². The van der Waals surface area contributed by atoms with Crippen LogP contribution in [0.1, 0.15) is 19.8 Å². The van der Waals surface area contributed by atoms with Gasteiger partial charge in [0.25, 0.3) is 0 Å². The number of nitrogens with zero attached hydrogens (tertiary/aromatic N) is 1. The lowest BCUT2D eigenvalue weighted by atomic mass is 10.5. The summed E-state index contributed by atoms with van der Waals surface area (Å²) in [5, 5.41) is 8.42. The van der Waals surface area contributed by atoms with E-state index in [9.17, 15) is 13.2 Å². The second-order valence-electron chi connectivity index (χ2n) is 3.11. The fourth-order valence-corrected chi connectivity index (χ4v) is 2.57. The molecule has 15 heavy (non-hydrogen) atoms. The number of aliphatic carboxylic acids is 1. The number of carbonyl (C=O) groups is 1. The topological polar surface area (TPSA) is 74.7 Å². The molecule has 0 bridgehead atoms. The van der Waals surface area contributed by atoms with E-state index < -0.39 is 16.0 Å². The van der Waals surface area contributed by atoms with Crippen molar-refractivity contribution in [1.29, 1.82) is 0 Å².